The van der Waals surface area contributed by atoms with Crippen LogP contribution in [0.4, 0.5) is 11.4 Å². The lowest BCUT2D eigenvalue weighted by Gasteiger charge is -2.19. The SMILES string of the molecule is Cc1cc(NC(C)C)c(-c2ccc(N)c(C=N)c2)cc1CCC(=O)O. The molecule has 0 saturated carbocycles. The number of hydrogen-bond donors (Lipinski definition) is 4. The number of aryl methyl sites for hydroxylation is 2. The van der Waals surface area contributed by atoms with Gasteiger partial charge < -0.3 is 21.6 Å². The van der Waals surface area contributed by atoms with E-state index >= 15 is 0 Å². The van der Waals surface area contributed by atoms with E-state index in [2.05, 4.69) is 25.2 Å². The molecule has 0 saturated heterocycles. The lowest BCUT2D eigenvalue weighted by molar-refractivity contribution is -0.136. The van der Waals surface area contributed by atoms with E-state index in [-0.39, 0.29) is 12.5 Å². The van der Waals surface area contributed by atoms with Crippen LogP contribution in [-0.2, 0) is 11.2 Å². The lowest BCUT2D eigenvalue weighted by Crippen LogP contribution is -2.11. The smallest absolute Gasteiger partial charge is 0.303 e. The maximum absolute atomic E-state index is 10.9. The number of rotatable bonds is 7. The van der Waals surface area contributed by atoms with Gasteiger partial charge in [0, 0.05) is 41.2 Å². The Balaban J connectivity index is 2.56. The van der Waals surface area contributed by atoms with E-state index in [1.54, 1.807) is 6.07 Å². The molecule has 5 heteroatoms. The van der Waals surface area contributed by atoms with Crippen molar-refractivity contribution in [1.29, 1.82) is 5.41 Å². The first-order valence-electron chi connectivity index (χ1n) is 8.34. The third kappa shape index (κ3) is 4.59. The molecule has 0 unspecified atom stereocenters. The molecule has 25 heavy (non-hydrogen) atoms. The molecule has 0 spiro atoms. The van der Waals surface area contributed by atoms with Gasteiger partial charge in [0.05, 0.1) is 0 Å². The maximum Gasteiger partial charge on any atom is 0.303 e. The molecule has 0 aromatic heterocycles. The van der Waals surface area contributed by atoms with Crippen LogP contribution in [0.3, 0.4) is 0 Å². The van der Waals surface area contributed by atoms with Crippen molar-refractivity contribution in [3.05, 3.63) is 47.0 Å². The summed E-state index contributed by atoms with van der Waals surface area (Å²) in [5.74, 6) is -0.802. The van der Waals surface area contributed by atoms with E-state index in [4.69, 9.17) is 16.2 Å². The molecule has 2 aromatic carbocycles. The van der Waals surface area contributed by atoms with Crippen LogP contribution < -0.4 is 11.1 Å². The number of hydrogen-bond acceptors (Lipinski definition) is 4. The fraction of sp³-hybridized carbons (Fsp3) is 0.300. The number of carboxylic acid groups (broad SMARTS) is 1. The van der Waals surface area contributed by atoms with Crippen LogP contribution in [0.2, 0.25) is 0 Å². The van der Waals surface area contributed by atoms with Gasteiger partial charge in [0.1, 0.15) is 0 Å². The highest BCUT2D eigenvalue weighted by Crippen LogP contribution is 2.33. The quantitative estimate of drug-likeness (QED) is 0.451. The Kier molecular flexibility index (Phi) is 5.80. The third-order valence-electron chi connectivity index (χ3n) is 4.08. The Morgan fingerprint density at radius 3 is 2.64 bits per heavy atom. The third-order valence-corrected chi connectivity index (χ3v) is 4.08. The zero-order valence-corrected chi connectivity index (χ0v) is 14.9. The van der Waals surface area contributed by atoms with Gasteiger partial charge >= 0.3 is 5.97 Å². The first-order valence-corrected chi connectivity index (χ1v) is 8.34. The van der Waals surface area contributed by atoms with Crippen LogP contribution in [0.1, 0.15) is 37.0 Å². The Bertz CT molecular complexity index is 798. The lowest BCUT2D eigenvalue weighted by atomic mass is 9.94. The van der Waals surface area contributed by atoms with Crippen molar-refractivity contribution in [2.45, 2.75) is 39.7 Å². The molecule has 5 nitrogen and oxygen atoms in total. The fourth-order valence-corrected chi connectivity index (χ4v) is 2.80. The number of aliphatic carboxylic acids is 1. The summed E-state index contributed by atoms with van der Waals surface area (Å²) in [5, 5.41) is 19.9. The van der Waals surface area contributed by atoms with Crippen LogP contribution in [0.15, 0.2) is 30.3 Å². The van der Waals surface area contributed by atoms with Gasteiger partial charge in [0.25, 0.3) is 0 Å². The summed E-state index contributed by atoms with van der Waals surface area (Å²) in [4.78, 5) is 10.9. The molecule has 0 fully saturated rings. The van der Waals surface area contributed by atoms with Crippen LogP contribution >= 0.6 is 0 Å². The minimum atomic E-state index is -0.802. The predicted octanol–water partition coefficient (Wildman–Crippen LogP) is 4.08. The van der Waals surface area contributed by atoms with Gasteiger partial charge in [0.15, 0.2) is 0 Å². The summed E-state index contributed by atoms with van der Waals surface area (Å²) in [6.07, 6.45) is 1.83. The normalized spacial score (nSPS) is 10.7. The Hall–Kier alpha value is -2.82. The minimum Gasteiger partial charge on any atom is -0.481 e. The molecular formula is C20H25N3O2. The van der Waals surface area contributed by atoms with Gasteiger partial charge in [-0.2, -0.15) is 0 Å². The molecule has 132 valence electrons. The van der Waals surface area contributed by atoms with Crippen molar-refractivity contribution >= 4 is 23.6 Å². The fourth-order valence-electron chi connectivity index (χ4n) is 2.80. The van der Waals surface area contributed by atoms with Crippen molar-refractivity contribution in [3.63, 3.8) is 0 Å². The van der Waals surface area contributed by atoms with Crippen molar-refractivity contribution in [3.8, 4) is 11.1 Å². The van der Waals surface area contributed by atoms with E-state index in [1.807, 2.05) is 25.1 Å². The largest absolute Gasteiger partial charge is 0.481 e. The number of anilines is 2. The Morgan fingerprint density at radius 2 is 2.04 bits per heavy atom. The van der Waals surface area contributed by atoms with Crippen LogP contribution in [0.25, 0.3) is 11.1 Å². The predicted molar refractivity (Wildman–Crippen MR) is 104 cm³/mol. The Labute approximate surface area is 148 Å². The molecule has 0 bridgehead atoms. The molecule has 0 radical (unpaired) electrons. The molecule has 2 aromatic rings. The number of benzene rings is 2. The van der Waals surface area contributed by atoms with E-state index < -0.39 is 5.97 Å². The van der Waals surface area contributed by atoms with E-state index in [9.17, 15) is 4.79 Å². The molecule has 0 aliphatic rings. The standard InChI is InChI=1S/C20H25N3O2/c1-12(2)23-19-8-13(3)14(5-7-20(24)25)10-17(19)15-4-6-18(22)16(9-15)11-21/h4,6,8-12,21,23H,5,7,22H2,1-3H3,(H,24,25). The number of carboxylic acids is 1. The molecule has 2 rings (SSSR count). The van der Waals surface area contributed by atoms with E-state index in [1.165, 1.54) is 6.21 Å². The molecule has 0 amide bonds. The summed E-state index contributed by atoms with van der Waals surface area (Å²) in [6, 6.07) is 9.98. The maximum atomic E-state index is 10.9. The van der Waals surface area contributed by atoms with Gasteiger partial charge in [-0.3, -0.25) is 4.79 Å². The highest BCUT2D eigenvalue weighted by molar-refractivity contribution is 5.90. The first-order chi connectivity index (χ1) is 11.8. The summed E-state index contributed by atoms with van der Waals surface area (Å²) in [5.41, 5.74) is 12.1. The van der Waals surface area contributed by atoms with Gasteiger partial charge in [-0.25, -0.2) is 0 Å². The zero-order valence-electron chi connectivity index (χ0n) is 14.9. The molecular weight excluding hydrogens is 314 g/mol. The van der Waals surface area contributed by atoms with Crippen molar-refractivity contribution in [2.75, 3.05) is 11.1 Å². The van der Waals surface area contributed by atoms with Crippen molar-refractivity contribution in [2.24, 2.45) is 0 Å². The number of nitrogens with one attached hydrogen (secondary N) is 2. The molecule has 0 aliphatic heterocycles. The van der Waals surface area contributed by atoms with Crippen LogP contribution in [0, 0.1) is 12.3 Å². The van der Waals surface area contributed by atoms with Crippen LogP contribution in [0.5, 0.6) is 0 Å². The summed E-state index contributed by atoms with van der Waals surface area (Å²) in [7, 11) is 0. The second-order valence-corrected chi connectivity index (χ2v) is 6.51. The first kappa shape index (κ1) is 18.5. The summed E-state index contributed by atoms with van der Waals surface area (Å²) in [6.45, 7) is 6.14. The number of carbonyl (C=O) groups is 1. The summed E-state index contributed by atoms with van der Waals surface area (Å²) < 4.78 is 0. The highest BCUT2D eigenvalue weighted by atomic mass is 16.4. The molecule has 5 N–H and O–H groups in total. The average Bonchev–Trinajstić information content (AvgIpc) is 2.54. The van der Waals surface area contributed by atoms with E-state index in [0.717, 1.165) is 27.9 Å². The van der Waals surface area contributed by atoms with Crippen molar-refractivity contribution in [1.82, 2.24) is 0 Å². The second kappa shape index (κ2) is 7.83. The molecule has 0 atom stereocenters. The zero-order chi connectivity index (χ0) is 18.6. The van der Waals surface area contributed by atoms with Gasteiger partial charge in [-0.05, 0) is 68.1 Å². The monoisotopic (exact) mass is 339 g/mol. The van der Waals surface area contributed by atoms with E-state index in [0.29, 0.717) is 17.7 Å². The molecule has 0 aliphatic carbocycles. The van der Waals surface area contributed by atoms with Crippen molar-refractivity contribution < 1.29 is 9.90 Å². The van der Waals surface area contributed by atoms with Gasteiger partial charge in [-0.15, -0.1) is 0 Å². The topological polar surface area (TPSA) is 99.2 Å². The van der Waals surface area contributed by atoms with Gasteiger partial charge in [-0.1, -0.05) is 6.07 Å². The second-order valence-electron chi connectivity index (χ2n) is 6.51. The number of nitrogen functional groups attached to an aromatic ring is 1. The molecule has 0 heterocycles. The Morgan fingerprint density at radius 1 is 1.32 bits per heavy atom. The number of nitrogens with two attached hydrogens (primary N) is 1. The average molecular weight is 339 g/mol. The van der Waals surface area contributed by atoms with Crippen LogP contribution in [-0.4, -0.2) is 23.3 Å². The van der Waals surface area contributed by atoms with Gasteiger partial charge in [0.2, 0.25) is 0 Å². The summed E-state index contributed by atoms with van der Waals surface area (Å²) >= 11 is 0. The minimum absolute atomic E-state index is 0.102. The highest BCUT2D eigenvalue weighted by Gasteiger charge is 2.12.